The van der Waals surface area contributed by atoms with Gasteiger partial charge in [-0.3, -0.25) is 9.78 Å². The van der Waals surface area contributed by atoms with Gasteiger partial charge in [0.2, 0.25) is 10.0 Å². The summed E-state index contributed by atoms with van der Waals surface area (Å²) < 4.78 is 27.7. The number of carbonyl (C=O) groups is 1. The van der Waals surface area contributed by atoms with E-state index in [1.165, 1.54) is 12.1 Å². The molecule has 0 spiro atoms. The van der Waals surface area contributed by atoms with E-state index in [0.717, 1.165) is 18.4 Å². The van der Waals surface area contributed by atoms with Crippen molar-refractivity contribution in [3.63, 3.8) is 0 Å². The summed E-state index contributed by atoms with van der Waals surface area (Å²) in [5, 5.41) is 0. The van der Waals surface area contributed by atoms with Crippen molar-refractivity contribution in [1.29, 1.82) is 0 Å². The molecule has 0 aliphatic heterocycles. The molecule has 0 bridgehead atoms. The first kappa shape index (κ1) is 20.1. The zero-order chi connectivity index (χ0) is 19.0. The number of aromatic nitrogens is 1. The maximum absolute atomic E-state index is 12.7. The number of amides is 1. The van der Waals surface area contributed by atoms with Crippen molar-refractivity contribution in [1.82, 2.24) is 14.6 Å². The molecule has 0 saturated carbocycles. The first-order valence-electron chi connectivity index (χ1n) is 8.75. The van der Waals surface area contributed by atoms with Crippen LogP contribution in [0.15, 0.2) is 53.7 Å². The molecule has 2 aromatic rings. The van der Waals surface area contributed by atoms with Crippen molar-refractivity contribution in [3.05, 3.63) is 59.9 Å². The van der Waals surface area contributed by atoms with Gasteiger partial charge in [0.1, 0.15) is 0 Å². The molecule has 0 unspecified atom stereocenters. The van der Waals surface area contributed by atoms with E-state index in [1.807, 2.05) is 13.8 Å². The smallest absolute Gasteiger partial charge is 0.253 e. The average Bonchev–Trinajstić information content (AvgIpc) is 2.67. The third-order valence-corrected chi connectivity index (χ3v) is 5.28. The molecule has 7 heteroatoms. The highest BCUT2D eigenvalue weighted by Gasteiger charge is 2.19. The van der Waals surface area contributed by atoms with E-state index in [-0.39, 0.29) is 17.3 Å². The molecule has 0 aliphatic rings. The van der Waals surface area contributed by atoms with Crippen molar-refractivity contribution < 1.29 is 13.2 Å². The van der Waals surface area contributed by atoms with Gasteiger partial charge in [0, 0.05) is 37.6 Å². The molecule has 6 nitrogen and oxygen atoms in total. The fraction of sp³-hybridized carbons (Fsp3) is 0.368. The second-order valence-electron chi connectivity index (χ2n) is 6.00. The molecule has 0 saturated heterocycles. The lowest BCUT2D eigenvalue weighted by Gasteiger charge is -2.21. The molecule has 26 heavy (non-hydrogen) atoms. The fourth-order valence-electron chi connectivity index (χ4n) is 2.60. The monoisotopic (exact) mass is 375 g/mol. The van der Waals surface area contributed by atoms with Gasteiger partial charge in [-0.2, -0.15) is 0 Å². The number of hydrogen-bond donors (Lipinski definition) is 1. The van der Waals surface area contributed by atoms with Crippen molar-refractivity contribution >= 4 is 15.9 Å². The number of nitrogens with zero attached hydrogens (tertiary/aromatic N) is 2. The van der Waals surface area contributed by atoms with Crippen LogP contribution in [0.4, 0.5) is 0 Å². The molecule has 140 valence electrons. The Morgan fingerprint density at radius 3 is 2.35 bits per heavy atom. The van der Waals surface area contributed by atoms with E-state index < -0.39 is 10.0 Å². The van der Waals surface area contributed by atoms with Crippen molar-refractivity contribution in [2.45, 2.75) is 38.1 Å². The highest BCUT2D eigenvalue weighted by molar-refractivity contribution is 7.89. The number of rotatable bonds is 9. The van der Waals surface area contributed by atoms with Crippen LogP contribution < -0.4 is 4.72 Å². The minimum atomic E-state index is -3.71. The van der Waals surface area contributed by atoms with Gasteiger partial charge < -0.3 is 4.90 Å². The van der Waals surface area contributed by atoms with Crippen LogP contribution in [0.3, 0.4) is 0 Å². The minimum absolute atomic E-state index is 0.0883. The predicted molar refractivity (Wildman–Crippen MR) is 101 cm³/mol. The number of pyridine rings is 1. The molecule has 1 heterocycles. The Kier molecular flexibility index (Phi) is 7.29. The van der Waals surface area contributed by atoms with Crippen LogP contribution in [0.5, 0.6) is 0 Å². The molecule has 1 aromatic heterocycles. The zero-order valence-electron chi connectivity index (χ0n) is 15.2. The van der Waals surface area contributed by atoms with Gasteiger partial charge >= 0.3 is 0 Å². The van der Waals surface area contributed by atoms with Crippen LogP contribution in [0.1, 0.15) is 42.6 Å². The Balaban J connectivity index is 2.17. The number of sulfonamides is 1. The summed E-state index contributed by atoms with van der Waals surface area (Å²) >= 11 is 0. The van der Waals surface area contributed by atoms with E-state index >= 15 is 0 Å². The molecule has 0 atom stereocenters. The molecule has 1 aromatic carbocycles. The van der Waals surface area contributed by atoms with Gasteiger partial charge in [0.05, 0.1) is 4.90 Å². The molecule has 2 rings (SSSR count). The number of carbonyl (C=O) groups excluding carboxylic acids is 1. The summed E-state index contributed by atoms with van der Waals surface area (Å²) in [7, 11) is -3.71. The van der Waals surface area contributed by atoms with Crippen molar-refractivity contribution in [3.8, 4) is 0 Å². The molecule has 0 aliphatic carbocycles. The highest BCUT2D eigenvalue weighted by atomic mass is 32.2. The normalized spacial score (nSPS) is 11.3. The molecular weight excluding hydrogens is 350 g/mol. The number of benzene rings is 1. The van der Waals surface area contributed by atoms with Crippen LogP contribution in [0.25, 0.3) is 0 Å². The average molecular weight is 375 g/mol. The molecule has 1 amide bonds. The minimum Gasteiger partial charge on any atom is -0.339 e. The molecular formula is C19H25N3O3S. The van der Waals surface area contributed by atoms with Gasteiger partial charge in [-0.1, -0.05) is 19.9 Å². The van der Waals surface area contributed by atoms with E-state index in [9.17, 15) is 13.2 Å². The third kappa shape index (κ3) is 5.37. The Morgan fingerprint density at radius 1 is 1.08 bits per heavy atom. The van der Waals surface area contributed by atoms with E-state index in [1.54, 1.807) is 41.6 Å². The van der Waals surface area contributed by atoms with Crippen LogP contribution in [0.2, 0.25) is 0 Å². The highest BCUT2D eigenvalue weighted by Crippen LogP contribution is 2.14. The lowest BCUT2D eigenvalue weighted by atomic mass is 10.2. The molecule has 1 N–H and O–H groups in total. The second kappa shape index (κ2) is 9.45. The number of nitrogens with one attached hydrogen (secondary N) is 1. The Labute approximate surface area is 155 Å². The maximum Gasteiger partial charge on any atom is 0.253 e. The fourth-order valence-corrected chi connectivity index (χ4v) is 3.66. The lowest BCUT2D eigenvalue weighted by Crippen LogP contribution is -2.32. The van der Waals surface area contributed by atoms with Crippen LogP contribution in [-0.4, -0.2) is 37.3 Å². The van der Waals surface area contributed by atoms with Gasteiger partial charge in [0.15, 0.2) is 0 Å². The van der Waals surface area contributed by atoms with Gasteiger partial charge in [0.25, 0.3) is 5.91 Å². The van der Waals surface area contributed by atoms with Gasteiger partial charge in [-0.05, 0) is 48.7 Å². The SMILES string of the molecule is CCCN(CCC)C(=O)c1cccc(S(=O)(=O)NCc2ccncc2)c1. The van der Waals surface area contributed by atoms with E-state index in [4.69, 9.17) is 0 Å². The standard InChI is InChI=1S/C19H25N3O3S/c1-3-12-22(13-4-2)19(23)17-6-5-7-18(14-17)26(24,25)21-15-16-8-10-20-11-9-16/h5-11,14,21H,3-4,12-13,15H2,1-2H3. The van der Waals surface area contributed by atoms with Crippen molar-refractivity contribution in [2.24, 2.45) is 0 Å². The summed E-state index contributed by atoms with van der Waals surface area (Å²) in [5.74, 6) is -0.139. The number of hydrogen-bond acceptors (Lipinski definition) is 4. The summed E-state index contributed by atoms with van der Waals surface area (Å²) in [6, 6.07) is 9.68. The quantitative estimate of drug-likeness (QED) is 0.731. The van der Waals surface area contributed by atoms with E-state index in [0.29, 0.717) is 18.7 Å². The lowest BCUT2D eigenvalue weighted by molar-refractivity contribution is 0.0755. The molecule has 0 fully saturated rings. The topological polar surface area (TPSA) is 79.4 Å². The Morgan fingerprint density at radius 2 is 1.73 bits per heavy atom. The summed E-state index contributed by atoms with van der Waals surface area (Å²) in [6.07, 6.45) is 4.94. The van der Waals surface area contributed by atoms with Gasteiger partial charge in [-0.25, -0.2) is 13.1 Å². The predicted octanol–water partition coefficient (Wildman–Crippen LogP) is 2.82. The second-order valence-corrected chi connectivity index (χ2v) is 7.77. The first-order chi connectivity index (χ1) is 12.5. The van der Waals surface area contributed by atoms with Crippen LogP contribution >= 0.6 is 0 Å². The maximum atomic E-state index is 12.7. The zero-order valence-corrected chi connectivity index (χ0v) is 16.0. The third-order valence-electron chi connectivity index (χ3n) is 3.88. The first-order valence-corrected chi connectivity index (χ1v) is 10.2. The van der Waals surface area contributed by atoms with Crippen LogP contribution in [0, 0.1) is 0 Å². The summed E-state index contributed by atoms with van der Waals surface area (Å²) in [5.41, 5.74) is 1.20. The molecule has 0 radical (unpaired) electrons. The summed E-state index contributed by atoms with van der Waals surface area (Å²) in [4.78, 5) is 18.4. The largest absolute Gasteiger partial charge is 0.339 e. The van der Waals surface area contributed by atoms with Crippen molar-refractivity contribution in [2.75, 3.05) is 13.1 Å². The summed E-state index contributed by atoms with van der Waals surface area (Å²) in [6.45, 7) is 5.51. The Hall–Kier alpha value is -2.25. The van der Waals surface area contributed by atoms with E-state index in [2.05, 4.69) is 9.71 Å². The Bertz CT molecular complexity index is 817. The van der Waals surface area contributed by atoms with Gasteiger partial charge in [-0.15, -0.1) is 0 Å². The van der Waals surface area contributed by atoms with Crippen LogP contribution in [-0.2, 0) is 16.6 Å².